The molecule has 0 amide bonds. The Labute approximate surface area is 209 Å². The summed E-state index contributed by atoms with van der Waals surface area (Å²) < 4.78 is 5.40. The van der Waals surface area contributed by atoms with Crippen LogP contribution < -0.4 is 10.2 Å². The molecule has 1 fully saturated rings. The lowest BCUT2D eigenvalue weighted by molar-refractivity contribution is 0.188. The first-order valence-corrected chi connectivity index (χ1v) is 12.2. The van der Waals surface area contributed by atoms with Gasteiger partial charge in [-0.05, 0) is 49.2 Å². The molecule has 1 saturated heterocycles. The molecular formula is C26H29ClN6O2. The van der Waals surface area contributed by atoms with Crippen LogP contribution in [0.5, 0.6) is 0 Å². The van der Waals surface area contributed by atoms with E-state index in [0.717, 1.165) is 71.0 Å². The van der Waals surface area contributed by atoms with Crippen LogP contribution in [0.2, 0.25) is 5.02 Å². The van der Waals surface area contributed by atoms with Gasteiger partial charge in [-0.1, -0.05) is 35.0 Å². The lowest BCUT2D eigenvalue weighted by Crippen LogP contribution is -2.47. The average molecular weight is 493 g/mol. The second-order valence-electron chi connectivity index (χ2n) is 8.84. The van der Waals surface area contributed by atoms with Crippen LogP contribution >= 0.6 is 11.6 Å². The number of aliphatic hydroxyl groups excluding tert-OH is 1. The fourth-order valence-corrected chi connectivity index (χ4v) is 4.80. The first-order valence-electron chi connectivity index (χ1n) is 11.8. The van der Waals surface area contributed by atoms with E-state index in [1.807, 2.05) is 44.2 Å². The summed E-state index contributed by atoms with van der Waals surface area (Å²) in [5, 5.41) is 18.5. The van der Waals surface area contributed by atoms with Crippen LogP contribution in [0.1, 0.15) is 17.0 Å². The van der Waals surface area contributed by atoms with Gasteiger partial charge in [0.05, 0.1) is 17.8 Å². The molecular weight excluding hydrogens is 464 g/mol. The molecule has 1 aliphatic rings. The van der Waals surface area contributed by atoms with Crippen LogP contribution in [-0.2, 0) is 6.54 Å². The molecule has 0 aliphatic carbocycles. The summed E-state index contributed by atoms with van der Waals surface area (Å²) in [6, 6.07) is 14.0. The summed E-state index contributed by atoms with van der Waals surface area (Å²) in [6.45, 7) is 8.72. The van der Waals surface area contributed by atoms with Crippen LogP contribution in [-0.4, -0.2) is 64.5 Å². The number of hydrogen-bond acceptors (Lipinski definition) is 8. The third-order valence-electron chi connectivity index (χ3n) is 6.43. The van der Waals surface area contributed by atoms with Crippen molar-refractivity contribution in [2.24, 2.45) is 0 Å². The monoisotopic (exact) mass is 492 g/mol. The molecule has 0 bridgehead atoms. The molecule has 182 valence electrons. The minimum Gasteiger partial charge on any atom is -0.395 e. The van der Waals surface area contributed by atoms with Gasteiger partial charge in [0, 0.05) is 55.2 Å². The molecule has 3 heterocycles. The van der Waals surface area contributed by atoms with Crippen molar-refractivity contribution in [1.82, 2.24) is 20.0 Å². The Hall–Kier alpha value is -3.20. The van der Waals surface area contributed by atoms with Crippen LogP contribution in [0, 0.1) is 13.8 Å². The lowest BCUT2D eigenvalue weighted by Gasteiger charge is -2.34. The van der Waals surface area contributed by atoms with Crippen molar-refractivity contribution in [1.29, 1.82) is 0 Å². The summed E-state index contributed by atoms with van der Waals surface area (Å²) >= 11 is 6.20. The third kappa shape index (κ3) is 5.10. The SMILES string of the molecule is Cc1noc(C)c1-c1ccc2nc(N3CCN(CCO)CC3)nc(NCc3cccc(Cl)c3)c2c1. The average Bonchev–Trinajstić information content (AvgIpc) is 3.20. The van der Waals surface area contributed by atoms with Gasteiger partial charge in [-0.2, -0.15) is 4.98 Å². The summed E-state index contributed by atoms with van der Waals surface area (Å²) in [6.07, 6.45) is 0. The number of aryl methyl sites for hydroxylation is 2. The standard InChI is InChI=1S/C26H29ClN6O2/c1-17-24(18(2)35-31-17)20-6-7-23-22(15-20)25(28-16-19-4-3-5-21(27)14-19)30-26(29-23)33-10-8-32(9-11-33)12-13-34/h3-7,14-15,34H,8-13,16H2,1-2H3,(H,28,29,30). The maximum atomic E-state index is 9.25. The third-order valence-corrected chi connectivity index (χ3v) is 6.66. The first kappa shape index (κ1) is 23.5. The molecule has 0 unspecified atom stereocenters. The number of piperazine rings is 1. The number of fused-ring (bicyclic) bond motifs is 1. The minimum atomic E-state index is 0.178. The molecule has 8 nitrogen and oxygen atoms in total. The highest BCUT2D eigenvalue weighted by Crippen LogP contribution is 2.32. The molecule has 4 aromatic rings. The topological polar surface area (TPSA) is 90.6 Å². The first-order chi connectivity index (χ1) is 17.0. The van der Waals surface area contributed by atoms with Gasteiger partial charge < -0.3 is 19.8 Å². The molecule has 2 aromatic carbocycles. The van der Waals surface area contributed by atoms with Gasteiger partial charge in [-0.25, -0.2) is 4.98 Å². The molecule has 5 rings (SSSR count). The summed E-state index contributed by atoms with van der Waals surface area (Å²) in [7, 11) is 0. The molecule has 0 saturated carbocycles. The van der Waals surface area contributed by atoms with E-state index in [-0.39, 0.29) is 6.61 Å². The molecule has 2 N–H and O–H groups in total. The van der Waals surface area contributed by atoms with Crippen molar-refractivity contribution in [3.05, 3.63) is 64.5 Å². The number of anilines is 2. The van der Waals surface area contributed by atoms with E-state index in [0.29, 0.717) is 24.1 Å². The predicted molar refractivity (Wildman–Crippen MR) is 139 cm³/mol. The second-order valence-corrected chi connectivity index (χ2v) is 9.28. The van der Waals surface area contributed by atoms with Gasteiger partial charge in [-0.3, -0.25) is 4.90 Å². The van der Waals surface area contributed by atoms with Gasteiger partial charge >= 0.3 is 0 Å². The summed E-state index contributed by atoms with van der Waals surface area (Å²) in [4.78, 5) is 14.3. The molecule has 35 heavy (non-hydrogen) atoms. The van der Waals surface area contributed by atoms with Gasteiger partial charge in [0.15, 0.2) is 0 Å². The highest BCUT2D eigenvalue weighted by Gasteiger charge is 2.21. The van der Waals surface area contributed by atoms with Crippen LogP contribution in [0.15, 0.2) is 47.0 Å². The fraction of sp³-hybridized carbons (Fsp3) is 0.346. The van der Waals surface area contributed by atoms with Crippen LogP contribution in [0.25, 0.3) is 22.0 Å². The van der Waals surface area contributed by atoms with Crippen molar-refractivity contribution in [2.45, 2.75) is 20.4 Å². The lowest BCUT2D eigenvalue weighted by atomic mass is 10.0. The number of hydrogen-bond donors (Lipinski definition) is 2. The Balaban J connectivity index is 1.51. The molecule has 0 spiro atoms. The van der Waals surface area contributed by atoms with Crippen molar-refractivity contribution in [3.63, 3.8) is 0 Å². The Bertz CT molecular complexity index is 1310. The summed E-state index contributed by atoms with van der Waals surface area (Å²) in [5.74, 6) is 2.27. The van der Waals surface area contributed by atoms with E-state index in [2.05, 4.69) is 32.4 Å². The highest BCUT2D eigenvalue weighted by molar-refractivity contribution is 6.30. The number of nitrogens with zero attached hydrogens (tertiary/aromatic N) is 5. The predicted octanol–water partition coefficient (Wildman–Crippen LogP) is 4.28. The zero-order valence-electron chi connectivity index (χ0n) is 20.0. The zero-order chi connectivity index (χ0) is 24.4. The highest BCUT2D eigenvalue weighted by atomic mass is 35.5. The van der Waals surface area contributed by atoms with Gasteiger partial charge in [-0.15, -0.1) is 0 Å². The quantitative estimate of drug-likeness (QED) is 0.395. The van der Waals surface area contributed by atoms with Crippen LogP contribution in [0.3, 0.4) is 0 Å². The van der Waals surface area contributed by atoms with Crippen molar-refractivity contribution in [2.75, 3.05) is 49.5 Å². The van der Waals surface area contributed by atoms with E-state index in [1.165, 1.54) is 0 Å². The van der Waals surface area contributed by atoms with Crippen molar-refractivity contribution in [3.8, 4) is 11.1 Å². The van der Waals surface area contributed by atoms with E-state index in [1.54, 1.807) is 0 Å². The van der Waals surface area contributed by atoms with E-state index >= 15 is 0 Å². The fourth-order valence-electron chi connectivity index (χ4n) is 4.59. The Morgan fingerprint density at radius 3 is 2.60 bits per heavy atom. The maximum Gasteiger partial charge on any atom is 0.227 e. The number of rotatable bonds is 7. The van der Waals surface area contributed by atoms with Crippen LogP contribution in [0.4, 0.5) is 11.8 Å². The van der Waals surface area contributed by atoms with Gasteiger partial charge in [0.1, 0.15) is 11.6 Å². The zero-order valence-corrected chi connectivity index (χ0v) is 20.7. The van der Waals surface area contributed by atoms with Crippen molar-refractivity contribution < 1.29 is 9.63 Å². The van der Waals surface area contributed by atoms with E-state index in [9.17, 15) is 5.11 Å². The second kappa shape index (κ2) is 10.2. The Kier molecular flexibility index (Phi) is 6.86. The molecule has 2 aromatic heterocycles. The van der Waals surface area contributed by atoms with E-state index in [4.69, 9.17) is 26.1 Å². The van der Waals surface area contributed by atoms with Gasteiger partial charge in [0.2, 0.25) is 5.95 Å². The Morgan fingerprint density at radius 2 is 1.89 bits per heavy atom. The number of aromatic nitrogens is 3. The number of β-amino-alcohol motifs (C(OH)–C–C–N with tert-alkyl or cyclic N) is 1. The van der Waals surface area contributed by atoms with Crippen molar-refractivity contribution >= 4 is 34.3 Å². The maximum absolute atomic E-state index is 9.25. The molecule has 1 aliphatic heterocycles. The van der Waals surface area contributed by atoms with E-state index < -0.39 is 0 Å². The Morgan fingerprint density at radius 1 is 1.06 bits per heavy atom. The number of benzene rings is 2. The number of aliphatic hydroxyl groups is 1. The minimum absolute atomic E-state index is 0.178. The van der Waals surface area contributed by atoms with Gasteiger partial charge in [0.25, 0.3) is 0 Å². The molecule has 0 atom stereocenters. The smallest absolute Gasteiger partial charge is 0.227 e. The molecule has 9 heteroatoms. The normalized spacial score (nSPS) is 14.6. The molecule has 0 radical (unpaired) electrons. The number of nitrogens with one attached hydrogen (secondary N) is 1. The largest absolute Gasteiger partial charge is 0.395 e. The number of halogens is 1. The summed E-state index contributed by atoms with van der Waals surface area (Å²) in [5.41, 5.74) is 4.82.